The van der Waals surface area contributed by atoms with Gasteiger partial charge in [-0.15, -0.1) is 0 Å². The molecule has 0 radical (unpaired) electrons. The molecule has 4 heteroatoms. The molecule has 17 heavy (non-hydrogen) atoms. The molecule has 1 aromatic rings. The Morgan fingerprint density at radius 1 is 1.35 bits per heavy atom. The second-order valence-electron chi connectivity index (χ2n) is 5.98. The first-order chi connectivity index (χ1) is 7.91. The molecule has 0 aliphatic heterocycles. The molecule has 1 aliphatic carbocycles. The Bertz CT molecular complexity index is 409. The number of nitrogens with two attached hydrogens (primary N) is 1. The topological polar surface area (TPSA) is 43.8 Å². The molecular formula is C13H22IN3. The molecule has 1 atom stereocenters. The van der Waals surface area contributed by atoms with Crippen LogP contribution in [0.1, 0.15) is 57.7 Å². The Morgan fingerprint density at radius 2 is 2.06 bits per heavy atom. The van der Waals surface area contributed by atoms with Gasteiger partial charge in [0.25, 0.3) is 0 Å². The van der Waals surface area contributed by atoms with Crippen LogP contribution in [0.3, 0.4) is 0 Å². The second-order valence-corrected chi connectivity index (χ2v) is 7.06. The Hall–Kier alpha value is -0.260. The molecule has 0 amide bonds. The maximum atomic E-state index is 6.15. The fourth-order valence-corrected chi connectivity index (χ4v) is 3.07. The van der Waals surface area contributed by atoms with E-state index in [0.29, 0.717) is 11.5 Å². The van der Waals surface area contributed by atoms with E-state index in [1.54, 1.807) is 0 Å². The third kappa shape index (κ3) is 2.77. The number of rotatable bonds is 1. The van der Waals surface area contributed by atoms with E-state index in [4.69, 9.17) is 5.73 Å². The monoisotopic (exact) mass is 347 g/mol. The van der Waals surface area contributed by atoms with Crippen molar-refractivity contribution in [3.63, 3.8) is 0 Å². The van der Waals surface area contributed by atoms with E-state index >= 15 is 0 Å². The second kappa shape index (κ2) is 4.78. The molecule has 0 bridgehead atoms. The molecule has 1 saturated carbocycles. The summed E-state index contributed by atoms with van der Waals surface area (Å²) in [5.74, 6) is 0.854. The molecule has 3 nitrogen and oxygen atoms in total. The van der Waals surface area contributed by atoms with E-state index in [1.165, 1.54) is 32.1 Å². The van der Waals surface area contributed by atoms with Crippen LogP contribution in [-0.4, -0.2) is 9.78 Å². The van der Waals surface area contributed by atoms with Crippen molar-refractivity contribution < 1.29 is 0 Å². The predicted octanol–water partition coefficient (Wildman–Crippen LogP) is 3.91. The number of halogens is 1. The number of hydrogen-bond donors (Lipinski definition) is 1. The molecule has 0 aromatic carbocycles. The van der Waals surface area contributed by atoms with E-state index in [2.05, 4.69) is 46.2 Å². The SMILES string of the molecule is Cc1nn(C2CCCC(C)(C)CC2)c(N)c1I. The van der Waals surface area contributed by atoms with Gasteiger partial charge in [-0.1, -0.05) is 20.3 Å². The molecule has 2 N–H and O–H groups in total. The Kier molecular flexibility index (Phi) is 3.71. The first-order valence-corrected chi connectivity index (χ1v) is 7.49. The van der Waals surface area contributed by atoms with Gasteiger partial charge < -0.3 is 5.73 Å². The van der Waals surface area contributed by atoms with Crippen LogP contribution < -0.4 is 5.73 Å². The lowest BCUT2D eigenvalue weighted by molar-refractivity contribution is 0.305. The van der Waals surface area contributed by atoms with Gasteiger partial charge in [0.05, 0.1) is 15.3 Å². The summed E-state index contributed by atoms with van der Waals surface area (Å²) in [7, 11) is 0. The zero-order valence-corrected chi connectivity index (χ0v) is 13.1. The Labute approximate surface area is 117 Å². The zero-order chi connectivity index (χ0) is 12.6. The standard InChI is InChI=1S/C13H22IN3/c1-9-11(14)12(15)17(16-9)10-5-4-7-13(2,3)8-6-10/h10H,4-8,15H2,1-3H3. The van der Waals surface area contributed by atoms with Gasteiger partial charge >= 0.3 is 0 Å². The molecular weight excluding hydrogens is 325 g/mol. The fourth-order valence-electron chi connectivity index (χ4n) is 2.71. The Balaban J connectivity index is 2.20. The lowest BCUT2D eigenvalue weighted by Gasteiger charge is -2.22. The van der Waals surface area contributed by atoms with Gasteiger partial charge in [0.2, 0.25) is 0 Å². The maximum absolute atomic E-state index is 6.15. The van der Waals surface area contributed by atoms with E-state index in [9.17, 15) is 0 Å². The molecule has 2 rings (SSSR count). The summed E-state index contributed by atoms with van der Waals surface area (Å²) in [4.78, 5) is 0. The van der Waals surface area contributed by atoms with Crippen LogP contribution >= 0.6 is 22.6 Å². The number of aryl methyl sites for hydroxylation is 1. The normalized spacial score (nSPS) is 24.6. The average molecular weight is 347 g/mol. The largest absolute Gasteiger partial charge is 0.383 e. The van der Waals surface area contributed by atoms with Crippen LogP contribution in [0.2, 0.25) is 0 Å². The van der Waals surface area contributed by atoms with Crippen LogP contribution in [0.25, 0.3) is 0 Å². The summed E-state index contributed by atoms with van der Waals surface area (Å²) in [6, 6.07) is 0.499. The molecule has 1 aromatic heterocycles. The number of nitrogen functional groups attached to an aromatic ring is 1. The highest BCUT2D eigenvalue weighted by Crippen LogP contribution is 2.39. The minimum absolute atomic E-state index is 0.485. The van der Waals surface area contributed by atoms with E-state index in [1.807, 2.05) is 6.92 Å². The molecule has 1 heterocycles. The molecule has 1 unspecified atom stereocenters. The van der Waals surface area contributed by atoms with Crippen LogP contribution in [0.4, 0.5) is 5.82 Å². The summed E-state index contributed by atoms with van der Waals surface area (Å²) in [5.41, 5.74) is 7.69. The first kappa shape index (κ1) is 13.2. The summed E-state index contributed by atoms with van der Waals surface area (Å²) < 4.78 is 3.18. The molecule has 96 valence electrons. The fraction of sp³-hybridized carbons (Fsp3) is 0.769. The van der Waals surface area contributed by atoms with Crippen molar-refractivity contribution in [3.05, 3.63) is 9.26 Å². The van der Waals surface area contributed by atoms with Crippen molar-refractivity contribution in [2.75, 3.05) is 5.73 Å². The summed E-state index contributed by atoms with van der Waals surface area (Å²) in [6.45, 7) is 6.78. The van der Waals surface area contributed by atoms with E-state index in [0.717, 1.165) is 15.1 Å². The quantitative estimate of drug-likeness (QED) is 0.618. The van der Waals surface area contributed by atoms with Crippen molar-refractivity contribution in [2.24, 2.45) is 5.41 Å². The predicted molar refractivity (Wildman–Crippen MR) is 80.0 cm³/mol. The minimum atomic E-state index is 0.485. The average Bonchev–Trinajstić information content (AvgIpc) is 2.44. The summed E-state index contributed by atoms with van der Waals surface area (Å²) >= 11 is 2.29. The van der Waals surface area contributed by atoms with Gasteiger partial charge in [-0.3, -0.25) is 0 Å². The van der Waals surface area contributed by atoms with Crippen molar-refractivity contribution in [1.82, 2.24) is 9.78 Å². The van der Waals surface area contributed by atoms with Crippen molar-refractivity contribution in [1.29, 1.82) is 0 Å². The molecule has 1 aliphatic rings. The molecule has 0 saturated heterocycles. The van der Waals surface area contributed by atoms with Crippen molar-refractivity contribution in [3.8, 4) is 0 Å². The highest BCUT2D eigenvalue weighted by Gasteiger charge is 2.27. The highest BCUT2D eigenvalue weighted by molar-refractivity contribution is 14.1. The molecule has 1 fully saturated rings. The van der Waals surface area contributed by atoms with Crippen LogP contribution in [0.15, 0.2) is 0 Å². The lowest BCUT2D eigenvalue weighted by Crippen LogP contribution is -2.14. The van der Waals surface area contributed by atoms with Gasteiger partial charge in [-0.05, 0) is 60.6 Å². The minimum Gasteiger partial charge on any atom is -0.383 e. The Morgan fingerprint density at radius 3 is 2.65 bits per heavy atom. The number of aromatic nitrogens is 2. The summed E-state index contributed by atoms with van der Waals surface area (Å²) in [5, 5.41) is 4.61. The van der Waals surface area contributed by atoms with Gasteiger partial charge in [-0.2, -0.15) is 5.10 Å². The third-order valence-electron chi connectivity index (χ3n) is 3.94. The lowest BCUT2D eigenvalue weighted by atomic mass is 9.85. The van der Waals surface area contributed by atoms with Gasteiger partial charge in [-0.25, -0.2) is 4.68 Å². The zero-order valence-electron chi connectivity index (χ0n) is 11.0. The summed E-state index contributed by atoms with van der Waals surface area (Å²) in [6.07, 6.45) is 6.29. The van der Waals surface area contributed by atoms with E-state index < -0.39 is 0 Å². The third-order valence-corrected chi connectivity index (χ3v) is 5.27. The number of anilines is 1. The smallest absolute Gasteiger partial charge is 0.135 e. The first-order valence-electron chi connectivity index (χ1n) is 6.41. The number of nitrogens with zero attached hydrogens (tertiary/aromatic N) is 2. The highest BCUT2D eigenvalue weighted by atomic mass is 127. The van der Waals surface area contributed by atoms with Crippen molar-refractivity contribution in [2.45, 2.75) is 58.9 Å². The van der Waals surface area contributed by atoms with Crippen LogP contribution in [0.5, 0.6) is 0 Å². The van der Waals surface area contributed by atoms with E-state index in [-0.39, 0.29) is 0 Å². The van der Waals surface area contributed by atoms with Gasteiger partial charge in [0.15, 0.2) is 0 Å². The van der Waals surface area contributed by atoms with Crippen LogP contribution in [0, 0.1) is 15.9 Å². The van der Waals surface area contributed by atoms with Gasteiger partial charge in [0, 0.05) is 0 Å². The maximum Gasteiger partial charge on any atom is 0.135 e. The van der Waals surface area contributed by atoms with Crippen LogP contribution in [-0.2, 0) is 0 Å². The number of hydrogen-bond acceptors (Lipinski definition) is 2. The molecule has 0 spiro atoms. The van der Waals surface area contributed by atoms with Gasteiger partial charge in [0.1, 0.15) is 5.82 Å². The van der Waals surface area contributed by atoms with Crippen molar-refractivity contribution >= 4 is 28.4 Å².